The monoisotopic (exact) mass is 374 g/mol. The second-order valence-electron chi connectivity index (χ2n) is 7.80. The molecule has 4 heteroatoms. The lowest BCUT2D eigenvalue weighted by atomic mass is 9.83. The predicted octanol–water partition coefficient (Wildman–Crippen LogP) is 4.86. The summed E-state index contributed by atoms with van der Waals surface area (Å²) in [6.07, 6.45) is 0. The molecule has 0 saturated carbocycles. The molecule has 4 nitrogen and oxygen atoms in total. The minimum absolute atomic E-state index is 0.0863. The topological polar surface area (TPSA) is 74.6 Å². The van der Waals surface area contributed by atoms with Crippen molar-refractivity contribution in [3.05, 3.63) is 94.5 Å². The van der Waals surface area contributed by atoms with Crippen LogP contribution in [0.4, 0.5) is 0 Å². The van der Waals surface area contributed by atoms with Crippen molar-refractivity contribution in [2.24, 2.45) is 0 Å². The highest BCUT2D eigenvalue weighted by Crippen LogP contribution is 2.27. The van der Waals surface area contributed by atoms with Gasteiger partial charge in [-0.3, -0.25) is 9.59 Å². The van der Waals surface area contributed by atoms with Crippen LogP contribution in [0, 0.1) is 0 Å². The second kappa shape index (κ2) is 7.31. The lowest BCUT2D eigenvalue weighted by Gasteiger charge is -2.21. The molecule has 0 heterocycles. The van der Waals surface area contributed by atoms with Gasteiger partial charge in [-0.2, -0.15) is 0 Å². The van der Waals surface area contributed by atoms with E-state index in [9.17, 15) is 19.8 Å². The molecule has 0 aromatic heterocycles. The number of aromatic hydroxyl groups is 2. The minimum atomic E-state index is -0.255. The molecule has 0 atom stereocenters. The van der Waals surface area contributed by atoms with E-state index < -0.39 is 0 Å². The molecular formula is C24H22O4. The largest absolute Gasteiger partial charge is 0.508 e. The molecule has 0 aliphatic carbocycles. The van der Waals surface area contributed by atoms with Crippen molar-refractivity contribution in [2.45, 2.75) is 26.2 Å². The molecule has 0 aliphatic rings. The molecule has 28 heavy (non-hydrogen) atoms. The lowest BCUT2D eigenvalue weighted by molar-refractivity contribution is 0.103. The van der Waals surface area contributed by atoms with Gasteiger partial charge >= 0.3 is 0 Å². The zero-order chi connectivity index (χ0) is 20.5. The smallest absolute Gasteiger partial charge is 0.193 e. The van der Waals surface area contributed by atoms with Gasteiger partial charge < -0.3 is 10.2 Å². The molecule has 0 saturated heterocycles. The zero-order valence-corrected chi connectivity index (χ0v) is 16.1. The van der Waals surface area contributed by atoms with E-state index in [1.165, 1.54) is 24.3 Å². The molecule has 2 N–H and O–H groups in total. The van der Waals surface area contributed by atoms with Crippen LogP contribution in [0.3, 0.4) is 0 Å². The van der Waals surface area contributed by atoms with Gasteiger partial charge in [0.15, 0.2) is 11.6 Å². The van der Waals surface area contributed by atoms with E-state index in [0.717, 1.165) is 5.56 Å². The summed E-state index contributed by atoms with van der Waals surface area (Å²) in [6.45, 7) is 6.06. The van der Waals surface area contributed by atoms with E-state index in [1.54, 1.807) is 30.3 Å². The Kier molecular flexibility index (Phi) is 5.06. The summed E-state index contributed by atoms with van der Waals surface area (Å²) < 4.78 is 0. The maximum Gasteiger partial charge on any atom is 0.193 e. The van der Waals surface area contributed by atoms with Gasteiger partial charge in [0.25, 0.3) is 0 Å². The van der Waals surface area contributed by atoms with Gasteiger partial charge in [0.1, 0.15) is 11.5 Å². The molecular weight excluding hydrogens is 352 g/mol. The third kappa shape index (κ3) is 4.12. The predicted molar refractivity (Wildman–Crippen MR) is 108 cm³/mol. The fourth-order valence-electron chi connectivity index (χ4n) is 2.88. The number of carbonyl (C=O) groups excluding carboxylic acids is 2. The Hall–Kier alpha value is -3.40. The van der Waals surface area contributed by atoms with Crippen molar-refractivity contribution in [3.8, 4) is 11.5 Å². The molecule has 3 rings (SSSR count). The lowest BCUT2D eigenvalue weighted by Crippen LogP contribution is -2.15. The Morgan fingerprint density at radius 2 is 0.964 bits per heavy atom. The Balaban J connectivity index is 2.09. The summed E-state index contributed by atoms with van der Waals surface area (Å²) in [7, 11) is 0. The summed E-state index contributed by atoms with van der Waals surface area (Å²) in [5.74, 6) is -0.261. The normalized spacial score (nSPS) is 11.2. The first-order valence-corrected chi connectivity index (χ1v) is 8.98. The number of hydrogen-bond acceptors (Lipinski definition) is 4. The highest BCUT2D eigenvalue weighted by atomic mass is 16.3. The standard InChI is InChI=1S/C24H22O4/c1-24(2,3)19-13-17(22(27)15-4-8-20(25)9-5-15)12-18(14-19)23(28)16-6-10-21(26)11-7-16/h4-14,25-26H,1-3H3. The Morgan fingerprint density at radius 1 is 0.607 bits per heavy atom. The van der Waals surface area contributed by atoms with Gasteiger partial charge in [0, 0.05) is 22.3 Å². The molecule has 0 fully saturated rings. The summed E-state index contributed by atoms with van der Waals surface area (Å²) in [6, 6.07) is 17.3. The highest BCUT2D eigenvalue weighted by Gasteiger charge is 2.21. The van der Waals surface area contributed by atoms with E-state index in [0.29, 0.717) is 22.3 Å². The summed E-state index contributed by atoms with van der Waals surface area (Å²) in [5.41, 5.74) is 2.33. The Morgan fingerprint density at radius 3 is 1.29 bits per heavy atom. The quantitative estimate of drug-likeness (QED) is 0.640. The van der Waals surface area contributed by atoms with Crippen LogP contribution in [0.5, 0.6) is 11.5 Å². The van der Waals surface area contributed by atoms with Crippen LogP contribution in [0.2, 0.25) is 0 Å². The minimum Gasteiger partial charge on any atom is -0.508 e. The maximum atomic E-state index is 13.0. The van der Waals surface area contributed by atoms with E-state index in [-0.39, 0.29) is 28.5 Å². The number of hydrogen-bond donors (Lipinski definition) is 2. The van der Waals surface area contributed by atoms with Crippen molar-refractivity contribution >= 4 is 11.6 Å². The Labute approximate surface area is 164 Å². The highest BCUT2D eigenvalue weighted by molar-refractivity contribution is 6.13. The molecule has 0 unspecified atom stereocenters. The summed E-state index contributed by atoms with van der Waals surface area (Å²) >= 11 is 0. The van der Waals surface area contributed by atoms with Crippen molar-refractivity contribution in [3.63, 3.8) is 0 Å². The van der Waals surface area contributed by atoms with Crippen LogP contribution in [0.25, 0.3) is 0 Å². The summed E-state index contributed by atoms with van der Waals surface area (Å²) in [5, 5.41) is 18.9. The van der Waals surface area contributed by atoms with E-state index in [2.05, 4.69) is 0 Å². The number of carbonyl (C=O) groups is 2. The molecule has 0 radical (unpaired) electrons. The number of phenols is 2. The van der Waals surface area contributed by atoms with Gasteiger partial charge in [-0.15, -0.1) is 0 Å². The zero-order valence-electron chi connectivity index (χ0n) is 16.1. The van der Waals surface area contributed by atoms with E-state index in [4.69, 9.17) is 0 Å². The fourth-order valence-corrected chi connectivity index (χ4v) is 2.88. The average molecular weight is 374 g/mol. The molecule has 3 aromatic rings. The molecule has 0 bridgehead atoms. The molecule has 142 valence electrons. The van der Waals surface area contributed by atoms with Crippen LogP contribution in [-0.4, -0.2) is 21.8 Å². The van der Waals surface area contributed by atoms with Crippen molar-refractivity contribution < 1.29 is 19.8 Å². The summed E-state index contributed by atoms with van der Waals surface area (Å²) in [4.78, 5) is 25.9. The number of ketones is 2. The van der Waals surface area contributed by atoms with Gasteiger partial charge in [0.2, 0.25) is 0 Å². The van der Waals surface area contributed by atoms with Gasteiger partial charge in [-0.25, -0.2) is 0 Å². The van der Waals surface area contributed by atoms with Crippen LogP contribution >= 0.6 is 0 Å². The number of rotatable bonds is 4. The first-order valence-electron chi connectivity index (χ1n) is 8.98. The van der Waals surface area contributed by atoms with Crippen molar-refractivity contribution in [2.75, 3.05) is 0 Å². The SMILES string of the molecule is CC(C)(C)c1cc(C(=O)c2ccc(O)cc2)cc(C(=O)c2ccc(O)cc2)c1. The van der Waals surface area contributed by atoms with Crippen LogP contribution in [0.15, 0.2) is 66.7 Å². The third-order valence-corrected chi connectivity index (χ3v) is 4.58. The average Bonchev–Trinajstić information content (AvgIpc) is 2.67. The molecule has 0 aliphatic heterocycles. The number of benzene rings is 3. The third-order valence-electron chi connectivity index (χ3n) is 4.58. The first-order chi connectivity index (χ1) is 13.1. The maximum absolute atomic E-state index is 13.0. The molecule has 3 aromatic carbocycles. The van der Waals surface area contributed by atoms with Gasteiger partial charge in [-0.05, 0) is 77.7 Å². The molecule has 0 spiro atoms. The molecule has 0 amide bonds. The fraction of sp³-hybridized carbons (Fsp3) is 0.167. The van der Waals surface area contributed by atoms with Crippen LogP contribution in [0.1, 0.15) is 58.2 Å². The number of phenolic OH excluding ortho intramolecular Hbond substituents is 2. The van der Waals surface area contributed by atoms with Crippen molar-refractivity contribution in [1.82, 2.24) is 0 Å². The van der Waals surface area contributed by atoms with E-state index >= 15 is 0 Å². The van der Waals surface area contributed by atoms with Gasteiger partial charge in [0.05, 0.1) is 0 Å². The first kappa shape index (κ1) is 19.4. The van der Waals surface area contributed by atoms with Crippen LogP contribution < -0.4 is 0 Å². The van der Waals surface area contributed by atoms with E-state index in [1.807, 2.05) is 32.9 Å². The Bertz CT molecular complexity index is 948. The van der Waals surface area contributed by atoms with Crippen molar-refractivity contribution in [1.29, 1.82) is 0 Å². The van der Waals surface area contributed by atoms with Gasteiger partial charge in [-0.1, -0.05) is 20.8 Å². The second-order valence-corrected chi connectivity index (χ2v) is 7.80. The van der Waals surface area contributed by atoms with Crippen LogP contribution in [-0.2, 0) is 5.41 Å².